The topological polar surface area (TPSA) is 22.1 Å². The van der Waals surface area contributed by atoms with Gasteiger partial charge in [-0.25, -0.2) is 0 Å². The van der Waals surface area contributed by atoms with Gasteiger partial charge in [0.2, 0.25) is 0 Å². The molecule has 0 saturated heterocycles. The molecule has 0 amide bonds. The Morgan fingerprint density at radius 3 is 2.93 bits per heavy atom. The minimum Gasteiger partial charge on any atom is -0.497 e. The van der Waals surface area contributed by atoms with Crippen LogP contribution in [0.2, 0.25) is 5.02 Å². The molecule has 1 aromatic heterocycles. The van der Waals surface area contributed by atoms with Crippen molar-refractivity contribution in [2.24, 2.45) is 0 Å². The Morgan fingerprint density at radius 2 is 2.27 bits per heavy atom. The molecule has 2 rings (SSSR count). The van der Waals surface area contributed by atoms with Crippen molar-refractivity contribution < 1.29 is 4.74 Å². The number of rotatable bonds is 2. The van der Waals surface area contributed by atoms with Gasteiger partial charge in [0.1, 0.15) is 5.75 Å². The lowest BCUT2D eigenvalue weighted by Gasteiger charge is -2.06. The number of hydrogen-bond donors (Lipinski definition) is 0. The standard InChI is InChI=1S/C12H11ClNO/c1-3-8-7-14-11-5-4-9(15-2)6-10(11)12(8)13/h4-7H,1,3H2,2H3. The van der Waals surface area contributed by atoms with E-state index >= 15 is 0 Å². The summed E-state index contributed by atoms with van der Waals surface area (Å²) in [6.07, 6.45) is 2.41. The van der Waals surface area contributed by atoms with E-state index in [0.717, 1.165) is 22.2 Å². The van der Waals surface area contributed by atoms with Gasteiger partial charge in [-0.3, -0.25) is 4.98 Å². The molecule has 0 fully saturated rings. The second-order valence-corrected chi connectivity index (χ2v) is 3.61. The average Bonchev–Trinajstić information content (AvgIpc) is 2.29. The number of nitrogens with zero attached hydrogens (tertiary/aromatic N) is 1. The van der Waals surface area contributed by atoms with Crippen LogP contribution >= 0.6 is 11.6 Å². The molecule has 0 aliphatic carbocycles. The Bertz CT molecular complexity index is 491. The molecule has 0 aliphatic rings. The summed E-state index contributed by atoms with van der Waals surface area (Å²) in [6, 6.07) is 5.66. The lowest BCUT2D eigenvalue weighted by molar-refractivity contribution is 0.415. The Labute approximate surface area is 93.8 Å². The van der Waals surface area contributed by atoms with Crippen molar-refractivity contribution in [3.8, 4) is 5.75 Å². The number of ether oxygens (including phenoxy) is 1. The smallest absolute Gasteiger partial charge is 0.119 e. The van der Waals surface area contributed by atoms with Crippen LogP contribution in [0.15, 0.2) is 24.4 Å². The van der Waals surface area contributed by atoms with E-state index in [4.69, 9.17) is 16.3 Å². The molecule has 3 heteroatoms. The van der Waals surface area contributed by atoms with Crippen LogP contribution in [0.1, 0.15) is 5.56 Å². The SMILES string of the molecule is [CH2]Cc1cnc2ccc(OC)cc2c1Cl. The highest BCUT2D eigenvalue weighted by atomic mass is 35.5. The first kappa shape index (κ1) is 10.2. The van der Waals surface area contributed by atoms with E-state index in [0.29, 0.717) is 11.4 Å². The number of fused-ring (bicyclic) bond motifs is 1. The van der Waals surface area contributed by atoms with Crippen molar-refractivity contribution in [2.75, 3.05) is 7.11 Å². The minimum atomic E-state index is 0.638. The zero-order valence-electron chi connectivity index (χ0n) is 8.46. The first-order chi connectivity index (χ1) is 7.26. The van der Waals surface area contributed by atoms with Gasteiger partial charge >= 0.3 is 0 Å². The van der Waals surface area contributed by atoms with Crippen LogP contribution in [0, 0.1) is 6.92 Å². The van der Waals surface area contributed by atoms with E-state index in [2.05, 4.69) is 11.9 Å². The van der Waals surface area contributed by atoms with Crippen LogP contribution < -0.4 is 4.74 Å². The van der Waals surface area contributed by atoms with Gasteiger partial charge in [-0.1, -0.05) is 11.6 Å². The molecular formula is C12H11ClNO. The summed E-state index contributed by atoms with van der Waals surface area (Å²) < 4.78 is 5.15. The maximum Gasteiger partial charge on any atom is 0.119 e. The summed E-state index contributed by atoms with van der Waals surface area (Å²) in [7, 11) is 1.63. The molecule has 2 aromatic rings. The van der Waals surface area contributed by atoms with E-state index in [1.807, 2.05) is 18.2 Å². The molecule has 1 radical (unpaired) electrons. The van der Waals surface area contributed by atoms with Crippen LogP contribution in [-0.2, 0) is 6.42 Å². The summed E-state index contributed by atoms with van der Waals surface area (Å²) in [6.45, 7) is 3.81. The molecule has 77 valence electrons. The summed E-state index contributed by atoms with van der Waals surface area (Å²) in [5, 5.41) is 1.63. The highest BCUT2D eigenvalue weighted by Gasteiger charge is 2.06. The van der Waals surface area contributed by atoms with Crippen LogP contribution in [-0.4, -0.2) is 12.1 Å². The van der Waals surface area contributed by atoms with Gasteiger partial charge in [0.25, 0.3) is 0 Å². The Balaban J connectivity index is 2.72. The molecule has 0 spiro atoms. The predicted octanol–water partition coefficient (Wildman–Crippen LogP) is 3.27. The molecule has 0 unspecified atom stereocenters. The van der Waals surface area contributed by atoms with Gasteiger partial charge in [0.15, 0.2) is 0 Å². The maximum atomic E-state index is 6.24. The summed E-state index contributed by atoms with van der Waals surface area (Å²) in [5.74, 6) is 0.785. The van der Waals surface area contributed by atoms with Crippen LogP contribution in [0.4, 0.5) is 0 Å². The molecule has 0 N–H and O–H groups in total. The monoisotopic (exact) mass is 220 g/mol. The number of methoxy groups -OCH3 is 1. The third kappa shape index (κ3) is 1.77. The summed E-state index contributed by atoms with van der Waals surface area (Å²) in [5.41, 5.74) is 1.83. The van der Waals surface area contributed by atoms with Crippen LogP contribution in [0.25, 0.3) is 10.9 Å². The van der Waals surface area contributed by atoms with Gasteiger partial charge in [-0.15, -0.1) is 0 Å². The molecular weight excluding hydrogens is 210 g/mol. The molecule has 0 atom stereocenters. The average molecular weight is 221 g/mol. The summed E-state index contributed by atoms with van der Waals surface area (Å²) in [4.78, 5) is 4.31. The summed E-state index contributed by atoms with van der Waals surface area (Å²) >= 11 is 6.24. The molecule has 0 saturated carbocycles. The van der Waals surface area contributed by atoms with Gasteiger partial charge < -0.3 is 4.74 Å². The minimum absolute atomic E-state index is 0.638. The molecule has 0 aliphatic heterocycles. The zero-order valence-corrected chi connectivity index (χ0v) is 9.21. The van der Waals surface area contributed by atoms with Crippen molar-refractivity contribution in [1.29, 1.82) is 0 Å². The second kappa shape index (κ2) is 4.07. The van der Waals surface area contributed by atoms with Gasteiger partial charge in [-0.05, 0) is 37.1 Å². The van der Waals surface area contributed by atoms with Crippen molar-refractivity contribution >= 4 is 22.5 Å². The fourth-order valence-electron chi connectivity index (χ4n) is 1.48. The van der Waals surface area contributed by atoms with Crippen molar-refractivity contribution in [3.05, 3.63) is 41.9 Å². The lowest BCUT2D eigenvalue weighted by atomic mass is 10.1. The number of halogens is 1. The van der Waals surface area contributed by atoms with E-state index in [-0.39, 0.29) is 0 Å². The largest absolute Gasteiger partial charge is 0.497 e. The fraction of sp³-hybridized carbons (Fsp3) is 0.167. The fourth-order valence-corrected chi connectivity index (χ4v) is 1.78. The zero-order chi connectivity index (χ0) is 10.8. The van der Waals surface area contributed by atoms with E-state index in [1.165, 1.54) is 0 Å². The molecule has 15 heavy (non-hydrogen) atoms. The lowest BCUT2D eigenvalue weighted by Crippen LogP contribution is -1.89. The molecule has 0 bridgehead atoms. The Kier molecular flexibility index (Phi) is 2.78. The molecule has 2 nitrogen and oxygen atoms in total. The number of benzene rings is 1. The first-order valence-electron chi connectivity index (χ1n) is 4.66. The normalized spacial score (nSPS) is 10.6. The third-order valence-electron chi connectivity index (χ3n) is 2.35. The van der Waals surface area contributed by atoms with Gasteiger partial charge in [-0.2, -0.15) is 0 Å². The van der Waals surface area contributed by atoms with Gasteiger partial charge in [0, 0.05) is 11.6 Å². The van der Waals surface area contributed by atoms with Crippen molar-refractivity contribution in [1.82, 2.24) is 4.98 Å². The van der Waals surface area contributed by atoms with Crippen molar-refractivity contribution in [2.45, 2.75) is 6.42 Å². The Morgan fingerprint density at radius 1 is 1.47 bits per heavy atom. The third-order valence-corrected chi connectivity index (χ3v) is 2.80. The number of aromatic nitrogens is 1. The predicted molar refractivity (Wildman–Crippen MR) is 62.4 cm³/mol. The van der Waals surface area contributed by atoms with Crippen molar-refractivity contribution in [3.63, 3.8) is 0 Å². The quantitative estimate of drug-likeness (QED) is 0.775. The molecule has 1 aromatic carbocycles. The molecule has 1 heterocycles. The number of pyridine rings is 1. The van der Waals surface area contributed by atoms with E-state index in [1.54, 1.807) is 13.3 Å². The number of hydrogen-bond acceptors (Lipinski definition) is 2. The Hall–Kier alpha value is -1.28. The van der Waals surface area contributed by atoms with E-state index in [9.17, 15) is 0 Å². The first-order valence-corrected chi connectivity index (χ1v) is 5.04. The highest BCUT2D eigenvalue weighted by Crippen LogP contribution is 2.28. The highest BCUT2D eigenvalue weighted by molar-refractivity contribution is 6.36. The van der Waals surface area contributed by atoms with Crippen LogP contribution in [0.5, 0.6) is 5.75 Å². The second-order valence-electron chi connectivity index (χ2n) is 3.23. The van der Waals surface area contributed by atoms with Crippen LogP contribution in [0.3, 0.4) is 0 Å². The van der Waals surface area contributed by atoms with E-state index < -0.39 is 0 Å². The van der Waals surface area contributed by atoms with Gasteiger partial charge in [0.05, 0.1) is 17.6 Å². The maximum absolute atomic E-state index is 6.24.